The van der Waals surface area contributed by atoms with Gasteiger partial charge in [-0.1, -0.05) is 5.16 Å². The van der Waals surface area contributed by atoms with Gasteiger partial charge in [0.05, 0.1) is 6.20 Å². The fourth-order valence-corrected chi connectivity index (χ4v) is 1.72. The van der Waals surface area contributed by atoms with Crippen molar-refractivity contribution in [2.75, 3.05) is 0 Å². The highest BCUT2D eigenvalue weighted by atomic mass is 16.5. The highest BCUT2D eigenvalue weighted by Gasteiger charge is 2.15. The minimum Gasteiger partial charge on any atom is -0.345 e. The first kappa shape index (κ1) is 13.3. The predicted molar refractivity (Wildman–Crippen MR) is 67.1 cm³/mol. The SMILES string of the molecule is Cc1noc(C(C)NC(=O)CCc2cnn(C)c2)n1. The Morgan fingerprint density at radius 3 is 2.95 bits per heavy atom. The second-order valence-corrected chi connectivity index (χ2v) is 4.49. The Hall–Kier alpha value is -2.18. The van der Waals surface area contributed by atoms with Crippen LogP contribution in [0.25, 0.3) is 0 Å². The van der Waals surface area contributed by atoms with Crippen LogP contribution in [0, 0.1) is 6.92 Å². The lowest BCUT2D eigenvalue weighted by Crippen LogP contribution is -2.27. The van der Waals surface area contributed by atoms with Gasteiger partial charge in [0.15, 0.2) is 5.82 Å². The zero-order valence-corrected chi connectivity index (χ0v) is 11.3. The maximum atomic E-state index is 11.8. The van der Waals surface area contributed by atoms with Gasteiger partial charge >= 0.3 is 0 Å². The molecule has 1 unspecified atom stereocenters. The van der Waals surface area contributed by atoms with Crippen LogP contribution in [0.1, 0.15) is 36.7 Å². The zero-order valence-electron chi connectivity index (χ0n) is 11.3. The van der Waals surface area contributed by atoms with E-state index in [9.17, 15) is 4.79 Å². The van der Waals surface area contributed by atoms with Crippen molar-refractivity contribution >= 4 is 5.91 Å². The first-order valence-electron chi connectivity index (χ1n) is 6.11. The second-order valence-electron chi connectivity index (χ2n) is 4.49. The van der Waals surface area contributed by atoms with Gasteiger partial charge in [0.2, 0.25) is 11.8 Å². The molecule has 1 atom stereocenters. The number of rotatable bonds is 5. The molecule has 0 spiro atoms. The van der Waals surface area contributed by atoms with Crippen LogP contribution in [0.15, 0.2) is 16.9 Å². The number of aromatic nitrogens is 4. The van der Waals surface area contributed by atoms with Crippen LogP contribution in [0.5, 0.6) is 0 Å². The molecule has 0 aliphatic carbocycles. The van der Waals surface area contributed by atoms with Crippen molar-refractivity contribution in [1.29, 1.82) is 0 Å². The number of nitrogens with zero attached hydrogens (tertiary/aromatic N) is 4. The molecule has 0 saturated carbocycles. The average molecular weight is 263 g/mol. The molecule has 102 valence electrons. The van der Waals surface area contributed by atoms with E-state index >= 15 is 0 Å². The Morgan fingerprint density at radius 2 is 2.37 bits per heavy atom. The molecule has 0 bridgehead atoms. The Bertz CT molecular complexity index is 560. The topological polar surface area (TPSA) is 85.8 Å². The van der Waals surface area contributed by atoms with Gasteiger partial charge < -0.3 is 9.84 Å². The Labute approximate surface area is 111 Å². The lowest BCUT2D eigenvalue weighted by atomic mass is 10.2. The molecule has 7 nitrogen and oxygen atoms in total. The summed E-state index contributed by atoms with van der Waals surface area (Å²) in [6.07, 6.45) is 4.73. The molecule has 7 heteroatoms. The summed E-state index contributed by atoms with van der Waals surface area (Å²) in [6, 6.07) is -0.275. The molecule has 1 N–H and O–H groups in total. The third-order valence-electron chi connectivity index (χ3n) is 2.69. The van der Waals surface area contributed by atoms with Gasteiger partial charge in [-0.2, -0.15) is 10.1 Å². The van der Waals surface area contributed by atoms with Crippen molar-refractivity contribution in [3.63, 3.8) is 0 Å². The summed E-state index contributed by atoms with van der Waals surface area (Å²) in [7, 11) is 1.85. The molecule has 2 heterocycles. The van der Waals surface area contributed by atoms with Crippen molar-refractivity contribution in [2.24, 2.45) is 7.05 Å². The lowest BCUT2D eigenvalue weighted by Gasteiger charge is -2.08. The Balaban J connectivity index is 1.81. The summed E-state index contributed by atoms with van der Waals surface area (Å²) >= 11 is 0. The predicted octanol–water partition coefficient (Wildman–Crippen LogP) is 0.922. The molecule has 0 fully saturated rings. The zero-order chi connectivity index (χ0) is 13.8. The minimum absolute atomic E-state index is 0.0489. The van der Waals surface area contributed by atoms with Crippen molar-refractivity contribution in [3.8, 4) is 0 Å². The second kappa shape index (κ2) is 5.64. The Morgan fingerprint density at radius 1 is 1.58 bits per heavy atom. The third kappa shape index (κ3) is 3.64. The number of amides is 1. The maximum Gasteiger partial charge on any atom is 0.248 e. The monoisotopic (exact) mass is 263 g/mol. The summed E-state index contributed by atoms with van der Waals surface area (Å²) < 4.78 is 6.72. The van der Waals surface area contributed by atoms with Gasteiger partial charge in [-0.25, -0.2) is 0 Å². The van der Waals surface area contributed by atoms with Gasteiger partial charge in [-0.15, -0.1) is 0 Å². The number of hydrogen-bond donors (Lipinski definition) is 1. The van der Waals surface area contributed by atoms with Crippen LogP contribution >= 0.6 is 0 Å². The molecule has 2 aromatic heterocycles. The summed E-state index contributed by atoms with van der Waals surface area (Å²) in [5.41, 5.74) is 1.04. The number of hydrogen-bond acceptors (Lipinski definition) is 5. The van der Waals surface area contributed by atoms with Gasteiger partial charge in [0.1, 0.15) is 6.04 Å². The molecule has 0 aliphatic rings. The standard InChI is InChI=1S/C12H17N5O2/c1-8(12-15-9(2)16-19-12)14-11(18)5-4-10-6-13-17(3)7-10/h6-8H,4-5H2,1-3H3,(H,14,18). The van der Waals surface area contributed by atoms with E-state index < -0.39 is 0 Å². The molecular weight excluding hydrogens is 246 g/mol. The van der Waals surface area contributed by atoms with Crippen molar-refractivity contribution in [1.82, 2.24) is 25.2 Å². The van der Waals surface area contributed by atoms with E-state index in [1.54, 1.807) is 17.8 Å². The minimum atomic E-state index is -0.275. The Kier molecular flexibility index (Phi) is 3.94. The highest BCUT2D eigenvalue weighted by molar-refractivity contribution is 5.76. The molecular formula is C12H17N5O2. The van der Waals surface area contributed by atoms with Crippen LogP contribution in [-0.4, -0.2) is 25.8 Å². The largest absolute Gasteiger partial charge is 0.345 e. The number of carbonyl (C=O) groups excluding carboxylic acids is 1. The van der Waals surface area contributed by atoms with E-state index in [1.807, 2.05) is 20.2 Å². The molecule has 2 aromatic rings. The number of aryl methyl sites for hydroxylation is 3. The molecule has 2 rings (SSSR count). The fourth-order valence-electron chi connectivity index (χ4n) is 1.72. The van der Waals surface area contributed by atoms with Gasteiger partial charge in [0, 0.05) is 19.7 Å². The quantitative estimate of drug-likeness (QED) is 0.867. The fraction of sp³-hybridized carbons (Fsp3) is 0.500. The molecule has 0 radical (unpaired) electrons. The molecule has 0 aromatic carbocycles. The van der Waals surface area contributed by atoms with E-state index in [1.165, 1.54) is 0 Å². The highest BCUT2D eigenvalue weighted by Crippen LogP contribution is 2.09. The molecule has 0 aliphatic heterocycles. The molecule has 0 saturated heterocycles. The van der Waals surface area contributed by atoms with E-state index in [4.69, 9.17) is 4.52 Å². The van der Waals surface area contributed by atoms with E-state index in [0.717, 1.165) is 5.56 Å². The summed E-state index contributed by atoms with van der Waals surface area (Å²) in [5.74, 6) is 0.936. The average Bonchev–Trinajstić information content (AvgIpc) is 2.95. The van der Waals surface area contributed by atoms with Gasteiger partial charge in [-0.05, 0) is 25.8 Å². The number of carbonyl (C=O) groups is 1. The van der Waals surface area contributed by atoms with Crippen LogP contribution in [-0.2, 0) is 18.3 Å². The summed E-state index contributed by atoms with van der Waals surface area (Å²) in [5, 5.41) is 10.6. The maximum absolute atomic E-state index is 11.8. The van der Waals surface area contributed by atoms with E-state index in [-0.39, 0.29) is 11.9 Å². The van der Waals surface area contributed by atoms with Crippen LogP contribution in [0.3, 0.4) is 0 Å². The van der Waals surface area contributed by atoms with Crippen molar-refractivity contribution in [3.05, 3.63) is 29.7 Å². The first-order chi connectivity index (χ1) is 9.04. The van der Waals surface area contributed by atoms with Crippen LogP contribution in [0.2, 0.25) is 0 Å². The van der Waals surface area contributed by atoms with E-state index in [2.05, 4.69) is 20.6 Å². The van der Waals surface area contributed by atoms with E-state index in [0.29, 0.717) is 24.6 Å². The van der Waals surface area contributed by atoms with Gasteiger partial charge in [0.25, 0.3) is 0 Å². The van der Waals surface area contributed by atoms with Gasteiger partial charge in [-0.3, -0.25) is 9.48 Å². The molecule has 19 heavy (non-hydrogen) atoms. The van der Waals surface area contributed by atoms with Crippen molar-refractivity contribution in [2.45, 2.75) is 32.7 Å². The molecule has 1 amide bonds. The normalized spacial score (nSPS) is 12.4. The van der Waals surface area contributed by atoms with Crippen LogP contribution < -0.4 is 5.32 Å². The lowest BCUT2D eigenvalue weighted by molar-refractivity contribution is -0.121. The summed E-state index contributed by atoms with van der Waals surface area (Å²) in [6.45, 7) is 3.55. The first-order valence-corrected chi connectivity index (χ1v) is 6.11. The number of nitrogens with one attached hydrogen (secondary N) is 1. The van der Waals surface area contributed by atoms with Crippen molar-refractivity contribution < 1.29 is 9.32 Å². The smallest absolute Gasteiger partial charge is 0.248 e. The van der Waals surface area contributed by atoms with Crippen LogP contribution in [0.4, 0.5) is 0 Å². The third-order valence-corrected chi connectivity index (χ3v) is 2.69. The summed E-state index contributed by atoms with van der Waals surface area (Å²) in [4.78, 5) is 15.9.